The Morgan fingerprint density at radius 1 is 0.852 bits per heavy atom. The van der Waals surface area contributed by atoms with Gasteiger partial charge in [0.15, 0.2) is 11.5 Å². The standard InChI is InChI=1S/C20H32N2O3.2ClH/c1-23-17-14-19(25-3)18(24-2)13-16(17)20(15-7-5-4-6-8-15)22-11-9-21-10-12-22;;/h13-15,20-21H,4-12H2,1-3H3;2*1H/t20-;;/m0../s1. The van der Waals surface area contributed by atoms with Gasteiger partial charge in [0, 0.05) is 43.9 Å². The fourth-order valence-electron chi connectivity index (χ4n) is 4.44. The molecule has 1 aromatic rings. The van der Waals surface area contributed by atoms with Gasteiger partial charge in [-0.15, -0.1) is 24.8 Å². The molecule has 156 valence electrons. The number of ether oxygens (including phenoxy) is 3. The molecule has 0 spiro atoms. The van der Waals surface area contributed by atoms with Gasteiger partial charge in [0.25, 0.3) is 0 Å². The molecule has 0 bridgehead atoms. The lowest BCUT2D eigenvalue weighted by Gasteiger charge is -2.41. The Morgan fingerprint density at radius 2 is 1.41 bits per heavy atom. The maximum atomic E-state index is 5.77. The van der Waals surface area contributed by atoms with Crippen molar-refractivity contribution in [2.24, 2.45) is 5.92 Å². The molecular formula is C20H34Cl2N2O3. The molecule has 1 saturated carbocycles. The molecule has 1 aromatic carbocycles. The third kappa shape index (κ3) is 5.57. The van der Waals surface area contributed by atoms with Gasteiger partial charge in [0.1, 0.15) is 5.75 Å². The fourth-order valence-corrected chi connectivity index (χ4v) is 4.44. The smallest absolute Gasteiger partial charge is 0.164 e. The molecule has 0 amide bonds. The minimum Gasteiger partial charge on any atom is -0.496 e. The van der Waals surface area contributed by atoms with E-state index < -0.39 is 0 Å². The van der Waals surface area contributed by atoms with Crippen LogP contribution in [0.15, 0.2) is 12.1 Å². The highest BCUT2D eigenvalue weighted by Crippen LogP contribution is 2.45. The number of nitrogens with one attached hydrogen (secondary N) is 1. The summed E-state index contributed by atoms with van der Waals surface area (Å²) in [6, 6.07) is 4.50. The minimum absolute atomic E-state index is 0. The highest BCUT2D eigenvalue weighted by Gasteiger charge is 2.33. The Bertz CT molecular complexity index is 544. The second-order valence-corrected chi connectivity index (χ2v) is 7.08. The van der Waals surface area contributed by atoms with Gasteiger partial charge in [-0.1, -0.05) is 19.3 Å². The number of rotatable bonds is 6. The summed E-state index contributed by atoms with van der Waals surface area (Å²) >= 11 is 0. The normalized spacial score (nSPS) is 19.4. The first-order valence-corrected chi connectivity index (χ1v) is 9.53. The molecule has 0 aromatic heterocycles. The fraction of sp³-hybridized carbons (Fsp3) is 0.700. The molecule has 3 rings (SSSR count). The van der Waals surface area contributed by atoms with E-state index in [2.05, 4.69) is 16.3 Å². The van der Waals surface area contributed by atoms with Crippen LogP contribution in [0, 0.1) is 5.92 Å². The summed E-state index contributed by atoms with van der Waals surface area (Å²) in [4.78, 5) is 2.64. The quantitative estimate of drug-likeness (QED) is 0.750. The topological polar surface area (TPSA) is 43.0 Å². The van der Waals surface area contributed by atoms with Crippen LogP contribution in [0.3, 0.4) is 0 Å². The summed E-state index contributed by atoms with van der Waals surface area (Å²) in [5.41, 5.74) is 1.24. The van der Waals surface area contributed by atoms with Crippen molar-refractivity contribution < 1.29 is 14.2 Å². The maximum absolute atomic E-state index is 5.77. The lowest BCUT2D eigenvalue weighted by atomic mass is 9.79. The highest BCUT2D eigenvalue weighted by molar-refractivity contribution is 5.85. The van der Waals surface area contributed by atoms with E-state index in [1.165, 1.54) is 37.7 Å². The number of methoxy groups -OCH3 is 3. The molecule has 5 nitrogen and oxygen atoms in total. The first-order chi connectivity index (χ1) is 12.3. The first kappa shape index (κ1) is 24.2. The molecule has 2 fully saturated rings. The Morgan fingerprint density at radius 3 is 1.96 bits per heavy atom. The first-order valence-electron chi connectivity index (χ1n) is 9.53. The minimum atomic E-state index is 0. The number of hydrogen-bond acceptors (Lipinski definition) is 5. The summed E-state index contributed by atoms with van der Waals surface area (Å²) in [5, 5.41) is 3.48. The van der Waals surface area contributed by atoms with Crippen LogP contribution in [-0.2, 0) is 0 Å². The SMILES string of the molecule is COc1cc(OC)c([C@H](C2CCCCC2)N2CCNCC2)cc1OC.Cl.Cl. The van der Waals surface area contributed by atoms with Crippen LogP contribution in [0.2, 0.25) is 0 Å². The predicted molar refractivity (Wildman–Crippen MR) is 114 cm³/mol. The molecule has 7 heteroatoms. The van der Waals surface area contributed by atoms with Crippen LogP contribution in [0.4, 0.5) is 0 Å². The third-order valence-electron chi connectivity index (χ3n) is 5.70. The predicted octanol–water partition coefficient (Wildman–Crippen LogP) is 4.08. The molecular weight excluding hydrogens is 387 g/mol. The lowest BCUT2D eigenvalue weighted by Crippen LogP contribution is -2.47. The largest absolute Gasteiger partial charge is 0.496 e. The third-order valence-corrected chi connectivity index (χ3v) is 5.70. The second kappa shape index (κ2) is 11.8. The molecule has 27 heavy (non-hydrogen) atoms. The molecule has 0 radical (unpaired) electrons. The number of hydrogen-bond donors (Lipinski definition) is 1. The monoisotopic (exact) mass is 420 g/mol. The summed E-state index contributed by atoms with van der Waals surface area (Å²) < 4.78 is 16.8. The van der Waals surface area contributed by atoms with Gasteiger partial charge in [-0.3, -0.25) is 4.90 Å². The van der Waals surface area contributed by atoms with Gasteiger partial charge >= 0.3 is 0 Å². The second-order valence-electron chi connectivity index (χ2n) is 7.08. The van der Waals surface area contributed by atoms with Crippen molar-refractivity contribution in [2.45, 2.75) is 38.1 Å². The Labute approximate surface area is 175 Å². The maximum Gasteiger partial charge on any atom is 0.164 e. The zero-order valence-corrected chi connectivity index (χ0v) is 18.3. The van der Waals surface area contributed by atoms with E-state index in [9.17, 15) is 0 Å². The number of piperazine rings is 1. The van der Waals surface area contributed by atoms with Crippen LogP contribution in [-0.4, -0.2) is 52.4 Å². The van der Waals surface area contributed by atoms with Crippen LogP contribution in [0.25, 0.3) is 0 Å². The van der Waals surface area contributed by atoms with Crippen LogP contribution >= 0.6 is 24.8 Å². The van der Waals surface area contributed by atoms with Crippen LogP contribution in [0.5, 0.6) is 17.2 Å². The summed E-state index contributed by atoms with van der Waals surface area (Å²) in [5.74, 6) is 3.10. The zero-order valence-electron chi connectivity index (χ0n) is 16.7. The van der Waals surface area contributed by atoms with Crippen LogP contribution < -0.4 is 19.5 Å². The molecule has 1 aliphatic heterocycles. The van der Waals surface area contributed by atoms with Crippen molar-refractivity contribution >= 4 is 24.8 Å². The van der Waals surface area contributed by atoms with Crippen molar-refractivity contribution in [3.8, 4) is 17.2 Å². The van der Waals surface area contributed by atoms with Crippen LogP contribution in [0.1, 0.15) is 43.7 Å². The van der Waals surface area contributed by atoms with Crippen molar-refractivity contribution in [2.75, 3.05) is 47.5 Å². The average Bonchev–Trinajstić information content (AvgIpc) is 2.69. The molecule has 2 aliphatic rings. The zero-order chi connectivity index (χ0) is 17.6. The van der Waals surface area contributed by atoms with E-state index in [1.807, 2.05) is 6.07 Å². The van der Waals surface area contributed by atoms with Gasteiger partial charge < -0.3 is 19.5 Å². The van der Waals surface area contributed by atoms with Gasteiger partial charge in [0.2, 0.25) is 0 Å². The van der Waals surface area contributed by atoms with Crippen molar-refractivity contribution in [3.05, 3.63) is 17.7 Å². The summed E-state index contributed by atoms with van der Waals surface area (Å²) in [6.45, 7) is 4.27. The molecule has 1 N–H and O–H groups in total. The Kier molecular flexibility index (Phi) is 10.6. The molecule has 1 saturated heterocycles. The van der Waals surface area contributed by atoms with Gasteiger partial charge in [-0.25, -0.2) is 0 Å². The molecule has 0 unspecified atom stereocenters. The number of benzene rings is 1. The van der Waals surface area contributed by atoms with E-state index in [-0.39, 0.29) is 24.8 Å². The van der Waals surface area contributed by atoms with Crippen molar-refractivity contribution in [3.63, 3.8) is 0 Å². The van der Waals surface area contributed by atoms with Gasteiger partial charge in [-0.2, -0.15) is 0 Å². The van der Waals surface area contributed by atoms with Crippen molar-refractivity contribution in [1.29, 1.82) is 0 Å². The van der Waals surface area contributed by atoms with E-state index in [0.717, 1.165) is 43.4 Å². The summed E-state index contributed by atoms with van der Waals surface area (Å²) in [6.07, 6.45) is 6.64. The summed E-state index contributed by atoms with van der Waals surface area (Å²) in [7, 11) is 5.13. The number of nitrogens with zero attached hydrogens (tertiary/aromatic N) is 1. The lowest BCUT2D eigenvalue weighted by molar-refractivity contribution is 0.101. The van der Waals surface area contributed by atoms with Crippen molar-refractivity contribution in [1.82, 2.24) is 10.2 Å². The molecule has 1 heterocycles. The van der Waals surface area contributed by atoms with Gasteiger partial charge in [0.05, 0.1) is 21.3 Å². The van der Waals surface area contributed by atoms with Gasteiger partial charge in [-0.05, 0) is 24.8 Å². The number of halogens is 2. The molecule has 1 atom stereocenters. The Balaban J connectivity index is 0.00000182. The average molecular weight is 421 g/mol. The van der Waals surface area contributed by atoms with E-state index in [4.69, 9.17) is 14.2 Å². The Hall–Kier alpha value is -0.880. The molecule has 1 aliphatic carbocycles. The van der Waals surface area contributed by atoms with E-state index in [1.54, 1.807) is 21.3 Å². The highest BCUT2D eigenvalue weighted by atomic mass is 35.5. The van der Waals surface area contributed by atoms with E-state index in [0.29, 0.717) is 12.0 Å². The van der Waals surface area contributed by atoms with E-state index >= 15 is 0 Å².